The minimum absolute atomic E-state index is 0.143. The first-order chi connectivity index (χ1) is 13.0. The largest absolute Gasteiger partial charge is 0.469 e. The fourth-order valence-electron chi connectivity index (χ4n) is 3.30. The third-order valence-electron chi connectivity index (χ3n) is 5.04. The van der Waals surface area contributed by atoms with Crippen molar-refractivity contribution in [3.8, 4) is 0 Å². The van der Waals surface area contributed by atoms with Crippen LogP contribution in [-0.4, -0.2) is 68.6 Å². The first kappa shape index (κ1) is 21.7. The van der Waals surface area contributed by atoms with E-state index in [1.54, 1.807) is 0 Å². The van der Waals surface area contributed by atoms with E-state index in [1.807, 2.05) is 7.05 Å². The van der Waals surface area contributed by atoms with Crippen molar-refractivity contribution in [2.75, 3.05) is 46.9 Å². The zero-order chi connectivity index (χ0) is 19.6. The van der Waals surface area contributed by atoms with Crippen LogP contribution in [0.15, 0.2) is 33.7 Å². The number of nitrogens with one attached hydrogen (secondary N) is 1. The van der Waals surface area contributed by atoms with Crippen molar-refractivity contribution in [3.63, 3.8) is 0 Å². The number of piperazine rings is 1. The third kappa shape index (κ3) is 6.81. The Labute approximate surface area is 171 Å². The van der Waals surface area contributed by atoms with Crippen molar-refractivity contribution in [2.24, 2.45) is 4.99 Å². The lowest BCUT2D eigenvalue weighted by molar-refractivity contribution is -0.140. The molecule has 0 spiro atoms. The van der Waals surface area contributed by atoms with Gasteiger partial charge in [0.25, 0.3) is 0 Å². The molecular formula is C20H31BrN4O2. The molecule has 1 aromatic rings. The highest BCUT2D eigenvalue weighted by Crippen LogP contribution is 2.23. The summed E-state index contributed by atoms with van der Waals surface area (Å²) < 4.78 is 5.78. The Kier molecular flexibility index (Phi) is 9.07. The highest BCUT2D eigenvalue weighted by atomic mass is 79.9. The number of halogens is 1. The van der Waals surface area contributed by atoms with Crippen LogP contribution in [0.5, 0.6) is 0 Å². The zero-order valence-corrected chi connectivity index (χ0v) is 18.2. The van der Waals surface area contributed by atoms with Crippen molar-refractivity contribution in [1.82, 2.24) is 15.1 Å². The smallest absolute Gasteiger partial charge is 0.305 e. The molecule has 7 heteroatoms. The number of carbonyl (C=O) groups is 1. The lowest BCUT2D eigenvalue weighted by atomic mass is 10.1. The molecule has 1 aliphatic heterocycles. The number of unbranched alkanes of at least 4 members (excludes halogenated alkanes) is 1. The van der Waals surface area contributed by atoms with Gasteiger partial charge in [-0.05, 0) is 37.5 Å². The van der Waals surface area contributed by atoms with E-state index in [-0.39, 0.29) is 5.97 Å². The Bertz CT molecular complexity index is 613. The van der Waals surface area contributed by atoms with Crippen LogP contribution >= 0.6 is 15.9 Å². The second-order valence-corrected chi connectivity index (χ2v) is 7.67. The normalized spacial score (nSPS) is 16.9. The van der Waals surface area contributed by atoms with Crippen molar-refractivity contribution >= 4 is 27.9 Å². The Hall–Kier alpha value is -1.60. The number of esters is 1. The van der Waals surface area contributed by atoms with Crippen molar-refractivity contribution in [1.29, 1.82) is 0 Å². The van der Waals surface area contributed by atoms with E-state index in [1.165, 1.54) is 12.7 Å². The van der Waals surface area contributed by atoms with Crippen LogP contribution in [0.1, 0.15) is 37.8 Å². The standard InChI is InChI=1S/C20H31BrN4O2/c1-16(17-7-9-18(21)10-8-17)24-12-14-25(15-13-24)20(22-2)23-11-5-4-6-19(26)27-3/h7-10,16H,4-6,11-15H2,1-3H3,(H,22,23). The van der Waals surface area contributed by atoms with Gasteiger partial charge in [-0.25, -0.2) is 0 Å². The average Bonchev–Trinajstić information content (AvgIpc) is 2.70. The fraction of sp³-hybridized carbons (Fsp3) is 0.600. The molecule has 27 heavy (non-hydrogen) atoms. The molecule has 1 aromatic carbocycles. The summed E-state index contributed by atoms with van der Waals surface area (Å²) in [5.41, 5.74) is 1.35. The van der Waals surface area contributed by atoms with Crippen LogP contribution in [0.4, 0.5) is 0 Å². The number of nitrogens with zero attached hydrogens (tertiary/aromatic N) is 3. The van der Waals surface area contributed by atoms with Gasteiger partial charge in [0.15, 0.2) is 5.96 Å². The number of hydrogen-bond acceptors (Lipinski definition) is 4. The van der Waals surface area contributed by atoms with E-state index in [0.717, 1.165) is 56.0 Å². The molecule has 0 amide bonds. The molecule has 2 rings (SSSR count). The third-order valence-corrected chi connectivity index (χ3v) is 5.57. The van der Waals surface area contributed by atoms with E-state index in [4.69, 9.17) is 0 Å². The fourth-order valence-corrected chi connectivity index (χ4v) is 3.57. The van der Waals surface area contributed by atoms with Crippen molar-refractivity contribution in [2.45, 2.75) is 32.2 Å². The van der Waals surface area contributed by atoms with Gasteiger partial charge in [-0.15, -0.1) is 0 Å². The van der Waals surface area contributed by atoms with Crippen molar-refractivity contribution in [3.05, 3.63) is 34.3 Å². The number of benzene rings is 1. The van der Waals surface area contributed by atoms with Gasteiger partial charge in [0.05, 0.1) is 7.11 Å². The number of ether oxygens (including phenoxy) is 1. The molecule has 0 saturated carbocycles. The average molecular weight is 439 g/mol. The molecule has 6 nitrogen and oxygen atoms in total. The molecular weight excluding hydrogens is 408 g/mol. The van der Waals surface area contributed by atoms with Crippen LogP contribution in [0.25, 0.3) is 0 Å². The lowest BCUT2D eigenvalue weighted by Gasteiger charge is -2.39. The summed E-state index contributed by atoms with van der Waals surface area (Å²) in [6.07, 6.45) is 2.23. The Balaban J connectivity index is 1.74. The summed E-state index contributed by atoms with van der Waals surface area (Å²) in [5, 5.41) is 3.41. The SMILES string of the molecule is CN=C(NCCCCC(=O)OC)N1CCN(C(C)c2ccc(Br)cc2)CC1. The number of guanidine groups is 1. The Morgan fingerprint density at radius 2 is 1.89 bits per heavy atom. The maximum absolute atomic E-state index is 11.1. The van der Waals surface area contributed by atoms with E-state index in [0.29, 0.717) is 12.5 Å². The molecule has 1 heterocycles. The molecule has 0 aromatic heterocycles. The van der Waals surface area contributed by atoms with Gasteiger partial charge in [0.1, 0.15) is 0 Å². The van der Waals surface area contributed by atoms with E-state index in [9.17, 15) is 4.79 Å². The van der Waals surface area contributed by atoms with Gasteiger partial charge in [-0.2, -0.15) is 0 Å². The number of rotatable bonds is 7. The molecule has 150 valence electrons. The minimum atomic E-state index is -0.143. The molecule has 1 saturated heterocycles. The first-order valence-corrected chi connectivity index (χ1v) is 10.4. The number of carbonyl (C=O) groups excluding carboxylic acids is 1. The summed E-state index contributed by atoms with van der Waals surface area (Å²) in [6, 6.07) is 9.00. The van der Waals surface area contributed by atoms with E-state index in [2.05, 4.69) is 72.0 Å². The topological polar surface area (TPSA) is 57.2 Å². The van der Waals surface area contributed by atoms with Crippen LogP contribution in [0.2, 0.25) is 0 Å². The highest BCUT2D eigenvalue weighted by molar-refractivity contribution is 9.10. The molecule has 1 N–H and O–H groups in total. The Morgan fingerprint density at radius 1 is 1.22 bits per heavy atom. The molecule has 1 aliphatic rings. The molecule has 0 bridgehead atoms. The summed E-state index contributed by atoms with van der Waals surface area (Å²) in [5.74, 6) is 0.805. The molecule has 1 unspecified atom stereocenters. The zero-order valence-electron chi connectivity index (χ0n) is 16.6. The minimum Gasteiger partial charge on any atom is -0.469 e. The summed E-state index contributed by atoms with van der Waals surface area (Å²) in [6.45, 7) is 7.04. The van der Waals surface area contributed by atoms with Gasteiger partial charge in [-0.1, -0.05) is 28.1 Å². The number of aliphatic imine (C=N–C) groups is 1. The van der Waals surface area contributed by atoms with Gasteiger partial charge in [0.2, 0.25) is 0 Å². The second kappa shape index (κ2) is 11.3. The van der Waals surface area contributed by atoms with E-state index >= 15 is 0 Å². The maximum Gasteiger partial charge on any atom is 0.305 e. The first-order valence-electron chi connectivity index (χ1n) is 9.57. The maximum atomic E-state index is 11.1. The highest BCUT2D eigenvalue weighted by Gasteiger charge is 2.23. The van der Waals surface area contributed by atoms with E-state index < -0.39 is 0 Å². The van der Waals surface area contributed by atoms with Crippen LogP contribution < -0.4 is 5.32 Å². The number of hydrogen-bond donors (Lipinski definition) is 1. The van der Waals surface area contributed by atoms with Gasteiger partial charge >= 0.3 is 5.97 Å². The summed E-state index contributed by atoms with van der Waals surface area (Å²) in [7, 11) is 3.26. The summed E-state index contributed by atoms with van der Waals surface area (Å²) >= 11 is 3.50. The lowest BCUT2D eigenvalue weighted by Crippen LogP contribution is -2.52. The molecule has 1 fully saturated rings. The number of methoxy groups -OCH3 is 1. The molecule has 1 atom stereocenters. The van der Waals surface area contributed by atoms with Gasteiger partial charge < -0.3 is 15.0 Å². The summed E-state index contributed by atoms with van der Waals surface area (Å²) in [4.78, 5) is 20.4. The van der Waals surface area contributed by atoms with Crippen LogP contribution in [-0.2, 0) is 9.53 Å². The second-order valence-electron chi connectivity index (χ2n) is 6.76. The predicted molar refractivity (Wildman–Crippen MR) is 113 cm³/mol. The molecule has 0 radical (unpaired) electrons. The quantitative estimate of drug-likeness (QED) is 0.306. The Morgan fingerprint density at radius 3 is 2.48 bits per heavy atom. The van der Waals surface area contributed by atoms with Crippen LogP contribution in [0, 0.1) is 0 Å². The van der Waals surface area contributed by atoms with Gasteiger partial charge in [0, 0.05) is 56.7 Å². The molecule has 0 aliphatic carbocycles. The van der Waals surface area contributed by atoms with Crippen LogP contribution in [0.3, 0.4) is 0 Å². The predicted octanol–water partition coefficient (Wildman–Crippen LogP) is 3.05. The van der Waals surface area contributed by atoms with Gasteiger partial charge in [-0.3, -0.25) is 14.7 Å². The monoisotopic (exact) mass is 438 g/mol. The van der Waals surface area contributed by atoms with Crippen molar-refractivity contribution < 1.29 is 9.53 Å².